The number of methoxy groups -OCH3 is 1. The molecule has 0 spiro atoms. The number of nitrogens with zero attached hydrogens (tertiary/aromatic N) is 2. The molecule has 3 amide bonds. The van der Waals surface area contributed by atoms with Gasteiger partial charge in [-0.1, -0.05) is 11.2 Å². The molecule has 0 radical (unpaired) electrons. The fourth-order valence-corrected chi connectivity index (χ4v) is 4.06. The molecule has 0 unspecified atom stereocenters. The average Bonchev–Trinajstić information content (AvgIpc) is 3.50. The quantitative estimate of drug-likeness (QED) is 0.600. The minimum atomic E-state index is -0.761. The van der Waals surface area contributed by atoms with Crippen LogP contribution >= 0.6 is 0 Å². The minimum Gasteiger partial charge on any atom is -0.493 e. The molecule has 2 fully saturated rings. The highest BCUT2D eigenvalue weighted by Gasteiger charge is 2.33. The first-order chi connectivity index (χ1) is 15.9. The van der Waals surface area contributed by atoms with Gasteiger partial charge < -0.3 is 29.4 Å². The molecule has 1 aromatic carbocycles. The molecule has 176 valence electrons. The maximum absolute atomic E-state index is 12.6. The number of hydrogen-bond donors (Lipinski definition) is 2. The summed E-state index contributed by atoms with van der Waals surface area (Å²) in [6, 6.07) is 5.60. The SMILES string of the molecule is COc1ccc([C@@H]2CC(=O)N(CC(=O)Nc3onc(C)c3C(N)=O)C2)cc1O[C@@H]1CCOC1. The first-order valence-corrected chi connectivity index (χ1v) is 10.6. The highest BCUT2D eigenvalue weighted by Crippen LogP contribution is 2.36. The van der Waals surface area contributed by atoms with Gasteiger partial charge in [-0.25, -0.2) is 0 Å². The number of anilines is 1. The van der Waals surface area contributed by atoms with E-state index < -0.39 is 11.8 Å². The number of ether oxygens (including phenoxy) is 3. The first kappa shape index (κ1) is 22.6. The van der Waals surface area contributed by atoms with Crippen LogP contribution in [0.25, 0.3) is 0 Å². The molecule has 11 heteroatoms. The third-order valence-electron chi connectivity index (χ3n) is 5.75. The van der Waals surface area contributed by atoms with E-state index in [1.165, 1.54) is 4.90 Å². The topological polar surface area (TPSA) is 146 Å². The number of carbonyl (C=O) groups excluding carboxylic acids is 3. The molecule has 2 saturated heterocycles. The molecule has 0 aliphatic carbocycles. The Kier molecular flexibility index (Phi) is 6.50. The Morgan fingerprint density at radius 3 is 2.85 bits per heavy atom. The summed E-state index contributed by atoms with van der Waals surface area (Å²) in [4.78, 5) is 38.1. The zero-order valence-electron chi connectivity index (χ0n) is 18.5. The van der Waals surface area contributed by atoms with Crippen molar-refractivity contribution < 1.29 is 33.1 Å². The number of nitrogens with one attached hydrogen (secondary N) is 1. The maximum Gasteiger partial charge on any atom is 0.256 e. The average molecular weight is 458 g/mol. The van der Waals surface area contributed by atoms with Crippen molar-refractivity contribution in [2.24, 2.45) is 5.73 Å². The molecule has 4 rings (SSSR count). The van der Waals surface area contributed by atoms with E-state index in [-0.39, 0.29) is 48.0 Å². The van der Waals surface area contributed by atoms with Crippen molar-refractivity contribution in [2.75, 3.05) is 38.7 Å². The van der Waals surface area contributed by atoms with E-state index >= 15 is 0 Å². The summed E-state index contributed by atoms with van der Waals surface area (Å²) in [5.74, 6) is -0.437. The van der Waals surface area contributed by atoms with Crippen molar-refractivity contribution in [1.82, 2.24) is 10.1 Å². The van der Waals surface area contributed by atoms with Crippen LogP contribution in [0.5, 0.6) is 11.5 Å². The third kappa shape index (κ3) is 4.92. The second-order valence-corrected chi connectivity index (χ2v) is 8.07. The number of nitrogens with two attached hydrogens (primary N) is 1. The Bertz CT molecular complexity index is 1060. The number of rotatable bonds is 8. The van der Waals surface area contributed by atoms with Gasteiger partial charge in [0.2, 0.25) is 17.7 Å². The Morgan fingerprint density at radius 1 is 1.33 bits per heavy atom. The smallest absolute Gasteiger partial charge is 0.256 e. The predicted molar refractivity (Wildman–Crippen MR) is 115 cm³/mol. The standard InChI is InChI=1S/C22H26N4O7/c1-12-20(21(23)29)22(33-25-12)24-18(27)10-26-9-14(8-19(26)28)13-3-4-16(30-2)17(7-13)32-15-5-6-31-11-15/h3-4,7,14-15H,5-6,8-11H2,1-2H3,(H2,23,29)(H,24,27)/t14-,15-/m1/s1. The molecule has 0 saturated carbocycles. The molecule has 1 aromatic heterocycles. The lowest BCUT2D eigenvalue weighted by Gasteiger charge is -2.18. The summed E-state index contributed by atoms with van der Waals surface area (Å²) in [5, 5.41) is 6.12. The molecular formula is C22H26N4O7. The molecule has 11 nitrogen and oxygen atoms in total. The lowest BCUT2D eigenvalue weighted by atomic mass is 9.98. The fraction of sp³-hybridized carbons (Fsp3) is 0.455. The van der Waals surface area contributed by atoms with Crippen molar-refractivity contribution in [3.8, 4) is 11.5 Å². The minimum absolute atomic E-state index is 0.00685. The van der Waals surface area contributed by atoms with E-state index in [9.17, 15) is 14.4 Å². The van der Waals surface area contributed by atoms with Gasteiger partial charge in [0.15, 0.2) is 11.5 Å². The largest absolute Gasteiger partial charge is 0.493 e. The number of primary amides is 1. The fourth-order valence-electron chi connectivity index (χ4n) is 4.06. The van der Waals surface area contributed by atoms with Crippen LogP contribution in [0.3, 0.4) is 0 Å². The lowest BCUT2D eigenvalue weighted by molar-refractivity contribution is -0.131. The highest BCUT2D eigenvalue weighted by atomic mass is 16.6. The summed E-state index contributed by atoms with van der Waals surface area (Å²) < 4.78 is 21.8. The third-order valence-corrected chi connectivity index (χ3v) is 5.75. The number of aryl methyl sites for hydroxylation is 1. The van der Waals surface area contributed by atoms with E-state index in [0.717, 1.165) is 12.0 Å². The van der Waals surface area contributed by atoms with Gasteiger partial charge in [-0.15, -0.1) is 0 Å². The number of likely N-dealkylation sites (tertiary alicyclic amines) is 1. The van der Waals surface area contributed by atoms with Crippen molar-refractivity contribution >= 4 is 23.6 Å². The van der Waals surface area contributed by atoms with Crippen molar-refractivity contribution in [2.45, 2.75) is 31.8 Å². The van der Waals surface area contributed by atoms with E-state index in [2.05, 4.69) is 10.5 Å². The van der Waals surface area contributed by atoms with Gasteiger partial charge in [0.1, 0.15) is 11.7 Å². The van der Waals surface area contributed by atoms with Gasteiger partial charge in [-0.3, -0.25) is 19.7 Å². The zero-order chi connectivity index (χ0) is 23.5. The summed E-state index contributed by atoms with van der Waals surface area (Å²) in [6.07, 6.45) is 1.03. The van der Waals surface area contributed by atoms with E-state index in [1.54, 1.807) is 14.0 Å². The number of amides is 3. The first-order valence-electron chi connectivity index (χ1n) is 10.6. The number of hydrogen-bond acceptors (Lipinski definition) is 8. The number of aromatic nitrogens is 1. The molecule has 2 aliphatic heterocycles. The van der Waals surface area contributed by atoms with Gasteiger partial charge in [0.05, 0.1) is 32.6 Å². The van der Waals surface area contributed by atoms with E-state index in [1.807, 2.05) is 18.2 Å². The second-order valence-electron chi connectivity index (χ2n) is 8.07. The van der Waals surface area contributed by atoms with Crippen LogP contribution in [-0.4, -0.2) is 67.3 Å². The van der Waals surface area contributed by atoms with Crippen LogP contribution in [-0.2, 0) is 14.3 Å². The van der Waals surface area contributed by atoms with Crippen LogP contribution in [0, 0.1) is 6.92 Å². The Morgan fingerprint density at radius 2 is 2.15 bits per heavy atom. The van der Waals surface area contributed by atoms with Crippen LogP contribution in [0.2, 0.25) is 0 Å². The molecule has 2 aromatic rings. The van der Waals surface area contributed by atoms with Gasteiger partial charge >= 0.3 is 0 Å². The molecule has 2 atom stereocenters. The van der Waals surface area contributed by atoms with Crippen LogP contribution in [0.15, 0.2) is 22.7 Å². The van der Waals surface area contributed by atoms with Crippen molar-refractivity contribution in [1.29, 1.82) is 0 Å². The maximum atomic E-state index is 12.6. The van der Waals surface area contributed by atoms with Crippen LogP contribution in [0.4, 0.5) is 5.88 Å². The molecule has 3 N–H and O–H groups in total. The second kappa shape index (κ2) is 9.49. The van der Waals surface area contributed by atoms with Gasteiger partial charge in [-0.2, -0.15) is 0 Å². The van der Waals surface area contributed by atoms with Gasteiger partial charge in [0.25, 0.3) is 5.91 Å². The highest BCUT2D eigenvalue weighted by molar-refractivity contribution is 6.03. The monoisotopic (exact) mass is 458 g/mol. The normalized spacial score (nSPS) is 20.2. The lowest BCUT2D eigenvalue weighted by Crippen LogP contribution is -2.34. The van der Waals surface area contributed by atoms with Crippen molar-refractivity contribution in [3.63, 3.8) is 0 Å². The summed E-state index contributed by atoms with van der Waals surface area (Å²) in [5.41, 5.74) is 6.51. The molecule has 3 heterocycles. The molecule has 0 bridgehead atoms. The molecular weight excluding hydrogens is 432 g/mol. The number of carbonyl (C=O) groups is 3. The molecule has 2 aliphatic rings. The summed E-state index contributed by atoms with van der Waals surface area (Å²) in [7, 11) is 1.58. The van der Waals surface area contributed by atoms with Gasteiger partial charge in [0, 0.05) is 25.3 Å². The number of benzene rings is 1. The Balaban J connectivity index is 1.41. The Hall–Kier alpha value is -3.60. The van der Waals surface area contributed by atoms with Crippen LogP contribution in [0.1, 0.15) is 40.4 Å². The van der Waals surface area contributed by atoms with Crippen molar-refractivity contribution in [3.05, 3.63) is 35.0 Å². The molecule has 33 heavy (non-hydrogen) atoms. The van der Waals surface area contributed by atoms with E-state index in [4.69, 9.17) is 24.5 Å². The zero-order valence-corrected chi connectivity index (χ0v) is 18.5. The van der Waals surface area contributed by atoms with Crippen LogP contribution < -0.4 is 20.5 Å². The summed E-state index contributed by atoms with van der Waals surface area (Å²) >= 11 is 0. The Labute approximate surface area is 190 Å². The predicted octanol–water partition coefficient (Wildman–Crippen LogP) is 1.21. The van der Waals surface area contributed by atoms with E-state index in [0.29, 0.717) is 31.3 Å². The summed E-state index contributed by atoms with van der Waals surface area (Å²) in [6.45, 7) is 2.91. The van der Waals surface area contributed by atoms with Gasteiger partial charge in [-0.05, 0) is 24.6 Å².